The lowest BCUT2D eigenvalue weighted by atomic mass is 9.87. The van der Waals surface area contributed by atoms with Gasteiger partial charge in [-0.2, -0.15) is 0 Å². The predicted molar refractivity (Wildman–Crippen MR) is 77.3 cm³/mol. The van der Waals surface area contributed by atoms with Crippen molar-refractivity contribution in [1.29, 1.82) is 0 Å². The number of benzene rings is 2. The molecule has 0 heterocycles. The Kier molecular flexibility index (Phi) is 3.73. The van der Waals surface area contributed by atoms with Crippen LogP contribution in [0.5, 0.6) is 5.75 Å². The van der Waals surface area contributed by atoms with E-state index in [1.807, 2.05) is 12.1 Å². The molecule has 0 amide bonds. The van der Waals surface area contributed by atoms with Crippen LogP contribution < -0.4 is 4.74 Å². The number of fused-ring (bicyclic) bond motifs is 1. The third-order valence-corrected chi connectivity index (χ3v) is 3.73. The van der Waals surface area contributed by atoms with Gasteiger partial charge in [-0.15, -0.1) is 0 Å². The quantitative estimate of drug-likeness (QED) is 0.651. The van der Waals surface area contributed by atoms with Gasteiger partial charge >= 0.3 is 5.97 Å². The molecule has 1 aliphatic rings. The number of carbonyl (C=O) groups is 1. The first-order valence-corrected chi connectivity index (χ1v) is 6.89. The van der Waals surface area contributed by atoms with E-state index in [9.17, 15) is 15.0 Å². The molecule has 3 rings (SSSR count). The zero-order valence-electron chi connectivity index (χ0n) is 11.4. The molecule has 2 aromatic carbocycles. The Balaban J connectivity index is 1.87. The summed E-state index contributed by atoms with van der Waals surface area (Å²) in [5.41, 5.74) is 2.18. The Bertz CT molecular complexity index is 651. The molecule has 2 aromatic rings. The third-order valence-electron chi connectivity index (χ3n) is 3.73. The topological polar surface area (TPSA) is 66.8 Å². The van der Waals surface area contributed by atoms with Gasteiger partial charge in [0.05, 0.1) is 17.8 Å². The lowest BCUT2D eigenvalue weighted by Crippen LogP contribution is -2.34. The van der Waals surface area contributed by atoms with Crippen LogP contribution in [-0.4, -0.2) is 28.4 Å². The molecule has 0 bridgehead atoms. The zero-order chi connectivity index (χ0) is 14.8. The maximum atomic E-state index is 12.1. The van der Waals surface area contributed by atoms with Crippen LogP contribution in [0.15, 0.2) is 48.5 Å². The summed E-state index contributed by atoms with van der Waals surface area (Å²) >= 11 is 0. The van der Waals surface area contributed by atoms with E-state index in [-0.39, 0.29) is 6.42 Å². The van der Waals surface area contributed by atoms with Gasteiger partial charge in [-0.05, 0) is 23.8 Å². The number of aliphatic hydroxyl groups is 2. The highest BCUT2D eigenvalue weighted by Crippen LogP contribution is 2.30. The first-order valence-electron chi connectivity index (χ1n) is 6.89. The van der Waals surface area contributed by atoms with Crippen molar-refractivity contribution in [3.63, 3.8) is 0 Å². The third kappa shape index (κ3) is 2.82. The molecule has 108 valence electrons. The van der Waals surface area contributed by atoms with Crippen LogP contribution in [0.3, 0.4) is 0 Å². The van der Waals surface area contributed by atoms with Crippen molar-refractivity contribution < 1.29 is 19.7 Å². The first-order chi connectivity index (χ1) is 10.1. The van der Waals surface area contributed by atoms with E-state index in [0.29, 0.717) is 17.7 Å². The fourth-order valence-corrected chi connectivity index (χ4v) is 2.57. The molecule has 4 heteroatoms. The number of ether oxygens (including phenoxy) is 1. The van der Waals surface area contributed by atoms with Crippen LogP contribution in [0.1, 0.15) is 21.5 Å². The molecule has 0 radical (unpaired) electrons. The number of aliphatic hydroxyl groups excluding tert-OH is 2. The van der Waals surface area contributed by atoms with Gasteiger partial charge in [0.2, 0.25) is 0 Å². The van der Waals surface area contributed by atoms with Crippen molar-refractivity contribution in [1.82, 2.24) is 0 Å². The van der Waals surface area contributed by atoms with Crippen LogP contribution in [0.4, 0.5) is 0 Å². The number of esters is 1. The molecule has 2 N–H and O–H groups in total. The maximum absolute atomic E-state index is 12.1. The van der Waals surface area contributed by atoms with Gasteiger partial charge in [-0.1, -0.05) is 30.3 Å². The molecule has 2 atom stereocenters. The van der Waals surface area contributed by atoms with Crippen molar-refractivity contribution in [3.8, 4) is 5.75 Å². The fourth-order valence-electron chi connectivity index (χ4n) is 2.57. The minimum atomic E-state index is -0.825. The number of hydrogen-bond donors (Lipinski definition) is 2. The molecule has 0 fully saturated rings. The van der Waals surface area contributed by atoms with E-state index >= 15 is 0 Å². The summed E-state index contributed by atoms with van der Waals surface area (Å²) in [5, 5.41) is 19.5. The smallest absolute Gasteiger partial charge is 0.343 e. The van der Waals surface area contributed by atoms with Gasteiger partial charge < -0.3 is 14.9 Å². The van der Waals surface area contributed by atoms with Gasteiger partial charge in [0, 0.05) is 18.4 Å². The second-order valence-electron chi connectivity index (χ2n) is 5.19. The van der Waals surface area contributed by atoms with Gasteiger partial charge in [-0.3, -0.25) is 0 Å². The minimum Gasteiger partial charge on any atom is -0.423 e. The largest absolute Gasteiger partial charge is 0.423 e. The van der Waals surface area contributed by atoms with Crippen molar-refractivity contribution in [2.75, 3.05) is 0 Å². The molecule has 21 heavy (non-hydrogen) atoms. The number of rotatable bonds is 2. The van der Waals surface area contributed by atoms with Crippen molar-refractivity contribution in [2.45, 2.75) is 25.0 Å². The second kappa shape index (κ2) is 5.68. The molecule has 0 aliphatic heterocycles. The summed E-state index contributed by atoms with van der Waals surface area (Å²) in [6.07, 6.45) is -0.936. The van der Waals surface area contributed by atoms with Crippen LogP contribution in [0, 0.1) is 0 Å². The summed E-state index contributed by atoms with van der Waals surface area (Å²) in [6.45, 7) is 0. The highest BCUT2D eigenvalue weighted by atomic mass is 16.5. The average Bonchev–Trinajstić information content (AvgIpc) is 2.50. The van der Waals surface area contributed by atoms with E-state index < -0.39 is 18.2 Å². The highest BCUT2D eigenvalue weighted by Gasteiger charge is 2.27. The van der Waals surface area contributed by atoms with Crippen molar-refractivity contribution in [3.05, 3.63) is 65.2 Å². The van der Waals surface area contributed by atoms with Crippen LogP contribution in [-0.2, 0) is 12.8 Å². The van der Waals surface area contributed by atoms with Gasteiger partial charge in [0.25, 0.3) is 0 Å². The Hall–Kier alpha value is -2.17. The standard InChI is InChI=1S/C17H16O4/c18-14-9-12-7-4-8-16(13(12)10-15(14)19)21-17(20)11-5-2-1-3-6-11/h1-8,14-15,18-19H,9-10H2/t14-,15+/m0/s1. The van der Waals surface area contributed by atoms with E-state index in [1.54, 1.807) is 36.4 Å². The Labute approximate surface area is 122 Å². The summed E-state index contributed by atoms with van der Waals surface area (Å²) in [5.74, 6) is 0.0249. The van der Waals surface area contributed by atoms with E-state index in [4.69, 9.17) is 4.74 Å². The van der Waals surface area contributed by atoms with Crippen molar-refractivity contribution >= 4 is 5.97 Å². The molecule has 1 aliphatic carbocycles. The SMILES string of the molecule is O=C(Oc1cccc2c1C[C@@H](O)[C@@H](O)C2)c1ccccc1. The lowest BCUT2D eigenvalue weighted by molar-refractivity contribution is 0.0135. The van der Waals surface area contributed by atoms with Gasteiger partial charge in [-0.25, -0.2) is 4.79 Å². The monoisotopic (exact) mass is 284 g/mol. The number of carbonyl (C=O) groups excluding carboxylic acids is 1. The highest BCUT2D eigenvalue weighted by molar-refractivity contribution is 5.91. The average molecular weight is 284 g/mol. The van der Waals surface area contributed by atoms with Crippen molar-refractivity contribution in [2.24, 2.45) is 0 Å². The minimum absolute atomic E-state index is 0.286. The first kappa shape index (κ1) is 13.8. The summed E-state index contributed by atoms with van der Waals surface area (Å²) in [6, 6.07) is 14.1. The molecular weight excluding hydrogens is 268 g/mol. The van der Waals surface area contributed by atoms with Crippen LogP contribution in [0.2, 0.25) is 0 Å². The van der Waals surface area contributed by atoms with Gasteiger partial charge in [0.1, 0.15) is 5.75 Å². The molecule has 0 aromatic heterocycles. The molecule has 4 nitrogen and oxygen atoms in total. The van der Waals surface area contributed by atoms with E-state index in [1.165, 1.54) is 0 Å². The van der Waals surface area contributed by atoms with E-state index in [2.05, 4.69) is 0 Å². The second-order valence-corrected chi connectivity index (χ2v) is 5.19. The van der Waals surface area contributed by atoms with Gasteiger partial charge in [0.15, 0.2) is 0 Å². The lowest BCUT2D eigenvalue weighted by Gasteiger charge is -2.27. The van der Waals surface area contributed by atoms with Crippen LogP contribution in [0.25, 0.3) is 0 Å². The Morgan fingerprint density at radius 1 is 0.952 bits per heavy atom. The van der Waals surface area contributed by atoms with E-state index in [0.717, 1.165) is 11.1 Å². The molecule has 0 saturated carbocycles. The summed E-state index contributed by atoms with van der Waals surface area (Å²) in [4.78, 5) is 12.1. The molecular formula is C17H16O4. The fraction of sp³-hybridized carbons (Fsp3) is 0.235. The summed E-state index contributed by atoms with van der Waals surface area (Å²) in [7, 11) is 0. The predicted octanol–water partition coefficient (Wildman–Crippen LogP) is 1.73. The Morgan fingerprint density at radius 2 is 1.67 bits per heavy atom. The Morgan fingerprint density at radius 3 is 2.43 bits per heavy atom. The molecule has 0 unspecified atom stereocenters. The van der Waals surface area contributed by atoms with Crippen LogP contribution >= 0.6 is 0 Å². The molecule has 0 saturated heterocycles. The zero-order valence-corrected chi connectivity index (χ0v) is 11.4. The summed E-state index contributed by atoms with van der Waals surface area (Å²) < 4.78 is 5.45. The number of hydrogen-bond acceptors (Lipinski definition) is 4. The normalized spacial score (nSPS) is 20.7. The molecule has 0 spiro atoms. The maximum Gasteiger partial charge on any atom is 0.343 e.